The molecular weight excluding hydrogens is 150 g/mol. The second-order valence-electron chi connectivity index (χ2n) is 2.49. The van der Waals surface area contributed by atoms with Gasteiger partial charge in [-0.25, -0.2) is 0 Å². The Morgan fingerprint density at radius 2 is 2.17 bits per heavy atom. The van der Waals surface area contributed by atoms with E-state index in [1.54, 1.807) is 6.07 Å². The maximum atomic E-state index is 11.3. The first kappa shape index (κ1) is 8.53. The molecule has 0 spiro atoms. The molecule has 0 saturated heterocycles. The Balaban J connectivity index is 2.94. The number of rotatable bonds is 2. The van der Waals surface area contributed by atoms with Gasteiger partial charge in [-0.2, -0.15) is 0 Å². The van der Waals surface area contributed by atoms with E-state index in [2.05, 4.69) is 11.9 Å². The van der Waals surface area contributed by atoms with Crippen LogP contribution in [-0.4, -0.2) is 5.91 Å². The van der Waals surface area contributed by atoms with Gasteiger partial charge in [-0.1, -0.05) is 24.8 Å². The highest BCUT2D eigenvalue weighted by molar-refractivity contribution is 5.96. The third-order valence-corrected chi connectivity index (χ3v) is 1.62. The lowest BCUT2D eigenvalue weighted by Crippen LogP contribution is -2.17. The van der Waals surface area contributed by atoms with Gasteiger partial charge in [0.05, 0.1) is 0 Å². The molecule has 0 saturated carbocycles. The molecule has 0 aromatic heterocycles. The lowest BCUT2D eigenvalue weighted by molar-refractivity contribution is 0.0969. The number of hydrogen-bond acceptors (Lipinski definition) is 1. The number of benzene rings is 1. The van der Waals surface area contributed by atoms with Gasteiger partial charge in [-0.05, 0) is 24.8 Å². The van der Waals surface area contributed by atoms with Gasteiger partial charge >= 0.3 is 0 Å². The van der Waals surface area contributed by atoms with Crippen LogP contribution < -0.4 is 5.32 Å². The van der Waals surface area contributed by atoms with Gasteiger partial charge in [0.25, 0.3) is 5.91 Å². The van der Waals surface area contributed by atoms with E-state index in [1.165, 1.54) is 6.20 Å². The molecule has 62 valence electrons. The van der Waals surface area contributed by atoms with Crippen LogP contribution in [0.1, 0.15) is 15.9 Å². The standard InChI is InChI=1S/C10H11NO/c1-3-11-10(12)9-7-5-4-6-8(9)2/h3-7H,1H2,2H3,(H,11,12). The summed E-state index contributed by atoms with van der Waals surface area (Å²) in [5.74, 6) is -0.108. The number of carbonyl (C=O) groups excluding carboxylic acids is 1. The summed E-state index contributed by atoms with van der Waals surface area (Å²) in [7, 11) is 0. The third-order valence-electron chi connectivity index (χ3n) is 1.62. The van der Waals surface area contributed by atoms with Crippen LogP contribution in [0.15, 0.2) is 37.0 Å². The Hall–Kier alpha value is -1.57. The largest absolute Gasteiger partial charge is 0.329 e. The summed E-state index contributed by atoms with van der Waals surface area (Å²) in [6.45, 7) is 5.32. The summed E-state index contributed by atoms with van der Waals surface area (Å²) in [5.41, 5.74) is 1.66. The van der Waals surface area contributed by atoms with Gasteiger partial charge in [0, 0.05) is 5.56 Å². The quantitative estimate of drug-likeness (QED) is 0.704. The first-order valence-corrected chi connectivity index (χ1v) is 3.73. The summed E-state index contributed by atoms with van der Waals surface area (Å²) >= 11 is 0. The zero-order valence-electron chi connectivity index (χ0n) is 7.00. The van der Waals surface area contributed by atoms with Crippen LogP contribution in [0.5, 0.6) is 0 Å². The molecular formula is C10H11NO. The summed E-state index contributed by atoms with van der Waals surface area (Å²) in [5, 5.41) is 2.53. The SMILES string of the molecule is C=CNC(=O)c1ccccc1C. The zero-order valence-corrected chi connectivity index (χ0v) is 7.00. The Morgan fingerprint density at radius 3 is 2.75 bits per heavy atom. The van der Waals surface area contributed by atoms with Crippen molar-refractivity contribution in [2.24, 2.45) is 0 Å². The van der Waals surface area contributed by atoms with Crippen LogP contribution in [0.3, 0.4) is 0 Å². The van der Waals surface area contributed by atoms with E-state index in [0.29, 0.717) is 5.56 Å². The molecule has 0 aliphatic rings. The fourth-order valence-corrected chi connectivity index (χ4v) is 0.998. The molecule has 1 N–H and O–H groups in total. The van der Waals surface area contributed by atoms with Crippen LogP contribution >= 0.6 is 0 Å². The summed E-state index contributed by atoms with van der Waals surface area (Å²) in [4.78, 5) is 11.3. The maximum absolute atomic E-state index is 11.3. The van der Waals surface area contributed by atoms with Crippen LogP contribution in [-0.2, 0) is 0 Å². The molecule has 0 unspecified atom stereocenters. The molecule has 12 heavy (non-hydrogen) atoms. The van der Waals surface area contributed by atoms with E-state index in [0.717, 1.165) is 5.56 Å². The van der Waals surface area contributed by atoms with Crippen molar-refractivity contribution in [3.05, 3.63) is 48.2 Å². The van der Waals surface area contributed by atoms with Crippen LogP contribution in [0.2, 0.25) is 0 Å². The van der Waals surface area contributed by atoms with Gasteiger partial charge in [0.15, 0.2) is 0 Å². The van der Waals surface area contributed by atoms with Crippen molar-refractivity contribution in [2.75, 3.05) is 0 Å². The molecule has 2 nitrogen and oxygen atoms in total. The number of amides is 1. The van der Waals surface area contributed by atoms with Gasteiger partial charge in [-0.15, -0.1) is 0 Å². The molecule has 1 aromatic rings. The van der Waals surface area contributed by atoms with Crippen LogP contribution in [0, 0.1) is 6.92 Å². The fourth-order valence-electron chi connectivity index (χ4n) is 0.998. The van der Waals surface area contributed by atoms with Crippen molar-refractivity contribution >= 4 is 5.91 Å². The second-order valence-corrected chi connectivity index (χ2v) is 2.49. The van der Waals surface area contributed by atoms with Crippen LogP contribution in [0.4, 0.5) is 0 Å². The molecule has 1 amide bonds. The Morgan fingerprint density at radius 1 is 1.50 bits per heavy atom. The van der Waals surface area contributed by atoms with Crippen molar-refractivity contribution in [3.8, 4) is 0 Å². The van der Waals surface area contributed by atoms with E-state index in [4.69, 9.17) is 0 Å². The number of nitrogens with one attached hydrogen (secondary N) is 1. The van der Waals surface area contributed by atoms with E-state index in [1.807, 2.05) is 25.1 Å². The second kappa shape index (κ2) is 3.72. The minimum Gasteiger partial charge on any atom is -0.329 e. The normalized spacial score (nSPS) is 9.08. The minimum atomic E-state index is -0.108. The highest BCUT2D eigenvalue weighted by atomic mass is 16.1. The molecule has 1 aromatic carbocycles. The lowest BCUT2D eigenvalue weighted by Gasteiger charge is -2.02. The Labute approximate surface area is 71.9 Å². The highest BCUT2D eigenvalue weighted by Crippen LogP contribution is 2.05. The molecule has 0 aliphatic heterocycles. The number of hydrogen-bond donors (Lipinski definition) is 1. The molecule has 0 radical (unpaired) electrons. The van der Waals surface area contributed by atoms with E-state index in [9.17, 15) is 4.79 Å². The molecule has 0 heterocycles. The number of aryl methyl sites for hydroxylation is 1. The minimum absolute atomic E-state index is 0.108. The third kappa shape index (κ3) is 1.72. The maximum Gasteiger partial charge on any atom is 0.255 e. The molecule has 0 bridgehead atoms. The Kier molecular flexibility index (Phi) is 2.64. The highest BCUT2D eigenvalue weighted by Gasteiger charge is 2.04. The van der Waals surface area contributed by atoms with Crippen molar-refractivity contribution in [3.63, 3.8) is 0 Å². The van der Waals surface area contributed by atoms with Gasteiger partial charge in [0.1, 0.15) is 0 Å². The summed E-state index contributed by atoms with van der Waals surface area (Å²) in [6, 6.07) is 7.43. The van der Waals surface area contributed by atoms with Gasteiger partial charge in [0.2, 0.25) is 0 Å². The average molecular weight is 161 g/mol. The smallest absolute Gasteiger partial charge is 0.255 e. The van der Waals surface area contributed by atoms with Crippen molar-refractivity contribution in [1.29, 1.82) is 0 Å². The number of carbonyl (C=O) groups is 1. The lowest BCUT2D eigenvalue weighted by atomic mass is 10.1. The predicted molar refractivity (Wildman–Crippen MR) is 48.8 cm³/mol. The predicted octanol–water partition coefficient (Wildman–Crippen LogP) is 1.87. The van der Waals surface area contributed by atoms with Crippen LogP contribution in [0.25, 0.3) is 0 Å². The topological polar surface area (TPSA) is 29.1 Å². The monoisotopic (exact) mass is 161 g/mol. The summed E-state index contributed by atoms with van der Waals surface area (Å²) < 4.78 is 0. The van der Waals surface area contributed by atoms with Crippen molar-refractivity contribution < 1.29 is 4.79 Å². The zero-order chi connectivity index (χ0) is 8.97. The molecule has 0 aliphatic carbocycles. The fraction of sp³-hybridized carbons (Fsp3) is 0.100. The molecule has 1 rings (SSSR count). The van der Waals surface area contributed by atoms with E-state index >= 15 is 0 Å². The first-order valence-electron chi connectivity index (χ1n) is 3.73. The molecule has 2 heteroatoms. The molecule has 0 atom stereocenters. The van der Waals surface area contributed by atoms with Gasteiger partial charge < -0.3 is 5.32 Å². The van der Waals surface area contributed by atoms with E-state index < -0.39 is 0 Å². The van der Waals surface area contributed by atoms with E-state index in [-0.39, 0.29) is 5.91 Å². The first-order chi connectivity index (χ1) is 5.75. The van der Waals surface area contributed by atoms with Crippen molar-refractivity contribution in [2.45, 2.75) is 6.92 Å². The Bertz CT molecular complexity index is 304. The molecule has 0 fully saturated rings. The van der Waals surface area contributed by atoms with Crippen molar-refractivity contribution in [1.82, 2.24) is 5.32 Å². The summed E-state index contributed by atoms with van der Waals surface area (Å²) in [6.07, 6.45) is 1.38. The van der Waals surface area contributed by atoms with Gasteiger partial charge in [-0.3, -0.25) is 4.79 Å². The average Bonchev–Trinajstić information content (AvgIpc) is 2.05.